The highest BCUT2D eigenvalue weighted by molar-refractivity contribution is 5.98. The number of carbonyl (C=O) groups is 6. The zero-order chi connectivity index (χ0) is 51.9. The van der Waals surface area contributed by atoms with Crippen molar-refractivity contribution < 1.29 is 57.7 Å². The lowest BCUT2D eigenvalue weighted by Gasteiger charge is -2.23. The number of nitrogens with zero attached hydrogens (tertiary/aromatic N) is 2. The van der Waals surface area contributed by atoms with Gasteiger partial charge in [-0.2, -0.15) is 0 Å². The minimum atomic E-state index is -1.04. The fraction of sp³-hybridized carbons (Fsp3) is 0.667. The maximum Gasteiger partial charge on any atom is 0.303 e. The van der Waals surface area contributed by atoms with Crippen molar-refractivity contribution in [1.82, 2.24) is 25.9 Å². The van der Waals surface area contributed by atoms with E-state index in [1.54, 1.807) is 29.2 Å². The van der Waals surface area contributed by atoms with E-state index in [1.807, 2.05) is 19.1 Å². The van der Waals surface area contributed by atoms with E-state index in [1.165, 1.54) is 5.06 Å². The molecule has 0 spiro atoms. The molecule has 2 aromatic carbocycles. The van der Waals surface area contributed by atoms with Crippen LogP contribution in [0.25, 0.3) is 0 Å². The highest BCUT2D eigenvalue weighted by Gasteiger charge is 2.21. The highest BCUT2D eigenvalue weighted by Crippen LogP contribution is 2.33. The average molecular weight is 998 g/mol. The molecule has 5 amide bonds. The Bertz CT molecular complexity index is 1850. The average Bonchev–Trinajstić information content (AvgIpc) is 3.36. The smallest absolute Gasteiger partial charge is 0.303 e. The third kappa shape index (κ3) is 26.4. The molecule has 0 fully saturated rings. The summed E-state index contributed by atoms with van der Waals surface area (Å²) >= 11 is 0. The summed E-state index contributed by atoms with van der Waals surface area (Å²) < 4.78 is 24.1. The molecule has 0 aliphatic rings. The summed E-state index contributed by atoms with van der Waals surface area (Å²) in [7, 11) is 0. The summed E-state index contributed by atoms with van der Waals surface area (Å²) in [6.45, 7) is 14.8. The highest BCUT2D eigenvalue weighted by atomic mass is 16.7. The van der Waals surface area contributed by atoms with E-state index >= 15 is 0 Å². The number of carbonyl (C=O) groups excluding carboxylic acids is 5. The Morgan fingerprint density at radius 1 is 0.465 bits per heavy atom. The molecule has 17 heteroatoms. The molecule has 0 aromatic heterocycles. The molecule has 0 bridgehead atoms. The first-order chi connectivity index (χ1) is 34.5. The van der Waals surface area contributed by atoms with Gasteiger partial charge in [-0.3, -0.25) is 33.6 Å². The third-order valence-electron chi connectivity index (χ3n) is 11.3. The van der Waals surface area contributed by atoms with Crippen molar-refractivity contribution in [3.05, 3.63) is 47.5 Å². The molecule has 0 saturated carbocycles. The molecule has 0 atom stereocenters. The van der Waals surface area contributed by atoms with Gasteiger partial charge >= 0.3 is 5.97 Å². The van der Waals surface area contributed by atoms with Gasteiger partial charge in [0.1, 0.15) is 0 Å². The lowest BCUT2D eigenvalue weighted by atomic mass is 10.1. The zero-order valence-electron chi connectivity index (χ0n) is 43.7. The maximum atomic E-state index is 13.7. The second kappa shape index (κ2) is 39.1. The predicted octanol–water partition coefficient (Wildman–Crippen LogP) is 9.05. The Morgan fingerprint density at radius 2 is 0.915 bits per heavy atom. The molecule has 17 nitrogen and oxygen atoms in total. The van der Waals surface area contributed by atoms with Gasteiger partial charge in [-0.05, 0) is 94.9 Å². The van der Waals surface area contributed by atoms with Crippen LogP contribution in [0.2, 0.25) is 0 Å². The van der Waals surface area contributed by atoms with Crippen molar-refractivity contribution in [3.8, 4) is 23.0 Å². The number of hydrogen-bond acceptors (Lipinski definition) is 11. The lowest BCUT2D eigenvalue weighted by Crippen LogP contribution is -2.36. The van der Waals surface area contributed by atoms with Crippen LogP contribution in [0.1, 0.15) is 184 Å². The zero-order valence-corrected chi connectivity index (χ0v) is 43.7. The molecule has 0 saturated heterocycles. The summed E-state index contributed by atoms with van der Waals surface area (Å²) in [5, 5.41) is 19.1. The molecule has 0 unspecified atom stereocenters. The van der Waals surface area contributed by atoms with Crippen LogP contribution < -0.4 is 34.9 Å². The van der Waals surface area contributed by atoms with Crippen LogP contribution >= 0.6 is 0 Å². The van der Waals surface area contributed by atoms with Gasteiger partial charge in [-0.15, -0.1) is 0 Å². The molecular weight excluding hydrogens is 911 g/mol. The Balaban J connectivity index is 2.04. The molecular formula is C54H87N5O12. The number of amides is 5. The fourth-order valence-corrected chi connectivity index (χ4v) is 7.03. The normalized spacial score (nSPS) is 10.8. The van der Waals surface area contributed by atoms with Gasteiger partial charge in [0.05, 0.1) is 50.6 Å². The SMILES string of the molecule is CCCCOc1cccc(C(=O)NCCCCN(CCCNC(=O)c2cccc(OCCCC)c2OCCCC)C(=O)CCC(=O)NCCCCCN(OCCCC)C(=O)CCC(=O)O)c1OCCCC. The summed E-state index contributed by atoms with van der Waals surface area (Å²) in [5.74, 6) is -0.490. The number of aliphatic carboxylic acids is 1. The number of nitrogens with one attached hydrogen (secondary N) is 3. The Kier molecular flexibility index (Phi) is 33.9. The minimum Gasteiger partial charge on any atom is -0.490 e. The number of carboxylic acids is 1. The maximum absolute atomic E-state index is 13.7. The van der Waals surface area contributed by atoms with Gasteiger partial charge in [0.15, 0.2) is 23.0 Å². The Labute approximate surface area is 423 Å². The lowest BCUT2D eigenvalue weighted by molar-refractivity contribution is -0.188. The monoisotopic (exact) mass is 998 g/mol. The molecule has 71 heavy (non-hydrogen) atoms. The second-order valence-electron chi connectivity index (χ2n) is 17.5. The van der Waals surface area contributed by atoms with Crippen LogP contribution in [0.5, 0.6) is 23.0 Å². The van der Waals surface area contributed by atoms with Gasteiger partial charge in [-0.1, -0.05) is 78.9 Å². The quantitative estimate of drug-likeness (QED) is 0.0362. The van der Waals surface area contributed by atoms with E-state index < -0.39 is 5.97 Å². The van der Waals surface area contributed by atoms with E-state index in [9.17, 15) is 28.8 Å². The molecule has 0 radical (unpaired) electrons. The van der Waals surface area contributed by atoms with Gasteiger partial charge in [0.2, 0.25) is 17.7 Å². The summed E-state index contributed by atoms with van der Waals surface area (Å²) in [5.41, 5.74) is 0.788. The van der Waals surface area contributed by atoms with Crippen LogP contribution in [0.3, 0.4) is 0 Å². The first kappa shape index (κ1) is 61.5. The number of ether oxygens (including phenoxy) is 4. The van der Waals surface area contributed by atoms with Gasteiger partial charge in [0.25, 0.3) is 11.8 Å². The number of hydrogen-bond donors (Lipinski definition) is 4. The number of benzene rings is 2. The number of carboxylic acid groups (broad SMARTS) is 1. The summed E-state index contributed by atoms with van der Waals surface area (Å²) in [6.07, 6.45) is 12.1. The number of rotatable bonds is 43. The Morgan fingerprint density at radius 3 is 1.45 bits per heavy atom. The van der Waals surface area contributed by atoms with Crippen LogP contribution in [0.15, 0.2) is 36.4 Å². The van der Waals surface area contributed by atoms with Gasteiger partial charge < -0.3 is 44.9 Å². The number of hydroxylamine groups is 2. The van der Waals surface area contributed by atoms with E-state index in [4.69, 9.17) is 28.9 Å². The topological polar surface area (TPSA) is 211 Å². The summed E-state index contributed by atoms with van der Waals surface area (Å²) in [4.78, 5) is 84.4. The summed E-state index contributed by atoms with van der Waals surface area (Å²) in [6, 6.07) is 10.6. The molecule has 2 rings (SSSR count). The molecule has 0 aliphatic heterocycles. The Hall–Kier alpha value is -5.58. The molecule has 2 aromatic rings. The van der Waals surface area contributed by atoms with Crippen LogP contribution in [-0.2, 0) is 24.0 Å². The van der Waals surface area contributed by atoms with Crippen molar-refractivity contribution in [1.29, 1.82) is 0 Å². The number of unbranched alkanes of at least 4 members (excludes halogenated alkanes) is 8. The van der Waals surface area contributed by atoms with Crippen molar-refractivity contribution in [2.45, 2.75) is 163 Å². The van der Waals surface area contributed by atoms with E-state index in [0.29, 0.717) is 138 Å². The molecule has 0 aliphatic carbocycles. The van der Waals surface area contributed by atoms with E-state index in [2.05, 4.69) is 43.6 Å². The van der Waals surface area contributed by atoms with Crippen molar-refractivity contribution >= 4 is 35.5 Å². The van der Waals surface area contributed by atoms with Gasteiger partial charge in [-0.25, -0.2) is 5.06 Å². The fourth-order valence-electron chi connectivity index (χ4n) is 7.03. The molecule has 0 heterocycles. The minimum absolute atomic E-state index is 0.000606. The van der Waals surface area contributed by atoms with Gasteiger partial charge in [0, 0.05) is 58.5 Å². The first-order valence-corrected chi connectivity index (χ1v) is 26.5. The van der Waals surface area contributed by atoms with E-state index in [0.717, 1.165) is 64.2 Å². The molecule has 400 valence electrons. The van der Waals surface area contributed by atoms with E-state index in [-0.39, 0.29) is 61.8 Å². The van der Waals surface area contributed by atoms with Crippen molar-refractivity contribution in [2.24, 2.45) is 0 Å². The van der Waals surface area contributed by atoms with Crippen LogP contribution in [-0.4, -0.2) is 123 Å². The third-order valence-corrected chi connectivity index (χ3v) is 11.3. The van der Waals surface area contributed by atoms with Crippen LogP contribution in [0, 0.1) is 0 Å². The van der Waals surface area contributed by atoms with Crippen molar-refractivity contribution in [3.63, 3.8) is 0 Å². The standard InChI is InChI=1S/C54H87N5O12/c1-6-11-38-67-45-26-21-24-43(51(45)69-40-13-8-3)53(65)56-33-18-20-35-58(36-23-34-57-54(66)44-25-22-27-46(68-39-12-7-2)52(44)70-41-14-9-4)48(61)29-28-47(60)55-32-17-16-19-37-59(71-42-15-10-5)49(62)30-31-50(63)64/h21-22,24-27H,6-20,23,28-42H2,1-5H3,(H,55,60)(H,56,65)(H,57,66)(H,63,64). The second-order valence-corrected chi connectivity index (χ2v) is 17.5. The number of para-hydroxylation sites is 2. The first-order valence-electron chi connectivity index (χ1n) is 26.5. The largest absolute Gasteiger partial charge is 0.490 e. The van der Waals surface area contributed by atoms with Crippen molar-refractivity contribution in [2.75, 3.05) is 72.3 Å². The molecule has 4 N–H and O–H groups in total. The van der Waals surface area contributed by atoms with Crippen LogP contribution in [0.4, 0.5) is 0 Å². The predicted molar refractivity (Wildman–Crippen MR) is 275 cm³/mol.